The molecule has 3 aromatic rings. The highest BCUT2D eigenvalue weighted by Gasteiger charge is 2.15. The van der Waals surface area contributed by atoms with Crippen LogP contribution in [-0.4, -0.2) is 29.1 Å². The van der Waals surface area contributed by atoms with Gasteiger partial charge in [0.15, 0.2) is 6.10 Å². The van der Waals surface area contributed by atoms with E-state index in [0.29, 0.717) is 16.3 Å². The number of nitrogens with one attached hydrogen (secondary N) is 1. The molecule has 1 atom stereocenters. The van der Waals surface area contributed by atoms with E-state index >= 15 is 0 Å². The van der Waals surface area contributed by atoms with Crippen LogP contribution in [0, 0.1) is 10.1 Å². The molecule has 0 aromatic heterocycles. The maximum Gasteiger partial charge on any atom is 0.345 e. The van der Waals surface area contributed by atoms with E-state index in [1.807, 2.05) is 0 Å². The van der Waals surface area contributed by atoms with Gasteiger partial charge in [0, 0.05) is 17.2 Å². The lowest BCUT2D eigenvalue weighted by atomic mass is 10.2. The second-order valence-electron chi connectivity index (χ2n) is 6.83. The minimum Gasteiger partial charge on any atom is -0.481 e. The number of nitrogens with zero attached hydrogens (tertiary/aromatic N) is 2. The first-order valence-corrected chi connectivity index (χ1v) is 10.5. The van der Waals surface area contributed by atoms with Gasteiger partial charge in [-0.25, -0.2) is 10.2 Å². The summed E-state index contributed by atoms with van der Waals surface area (Å²) in [4.78, 5) is 34.7. The van der Waals surface area contributed by atoms with Crippen LogP contribution in [0.1, 0.15) is 22.8 Å². The number of non-ortho nitro benzene ring substituents is 1. The van der Waals surface area contributed by atoms with E-state index in [0.717, 1.165) is 0 Å². The number of hydrogen-bond donors (Lipinski definition) is 1. The minimum absolute atomic E-state index is 0.0850. The summed E-state index contributed by atoms with van der Waals surface area (Å²) < 4.78 is 10.8. The van der Waals surface area contributed by atoms with E-state index < -0.39 is 22.9 Å². The predicted octanol–water partition coefficient (Wildman–Crippen LogP) is 5.04. The largest absolute Gasteiger partial charge is 0.481 e. The fraction of sp³-hybridized carbons (Fsp3) is 0.0870. The average Bonchev–Trinajstić information content (AvgIpc) is 2.79. The van der Waals surface area contributed by atoms with Gasteiger partial charge in [-0.2, -0.15) is 5.10 Å². The SMILES string of the molecule is CC(Oc1ccc([N+](=O)[O-])cc1)C(=O)NN=Cc1cccc(OC(=O)c2ccc(Cl)cc2Cl)c1. The van der Waals surface area contributed by atoms with Gasteiger partial charge in [-0.05, 0) is 55.0 Å². The van der Waals surface area contributed by atoms with Gasteiger partial charge < -0.3 is 9.47 Å². The number of halogens is 2. The normalized spacial score (nSPS) is 11.6. The van der Waals surface area contributed by atoms with Crippen molar-refractivity contribution < 1.29 is 24.0 Å². The molecule has 0 aliphatic heterocycles. The van der Waals surface area contributed by atoms with Gasteiger partial charge in [0.25, 0.3) is 11.6 Å². The van der Waals surface area contributed by atoms with Gasteiger partial charge in [-0.15, -0.1) is 0 Å². The first-order chi connectivity index (χ1) is 16.2. The molecule has 0 spiro atoms. The van der Waals surface area contributed by atoms with Crippen LogP contribution in [0.4, 0.5) is 5.69 Å². The Balaban J connectivity index is 1.56. The quantitative estimate of drug-likeness (QED) is 0.152. The van der Waals surface area contributed by atoms with E-state index in [-0.39, 0.29) is 22.0 Å². The summed E-state index contributed by atoms with van der Waals surface area (Å²) in [7, 11) is 0. The lowest BCUT2D eigenvalue weighted by molar-refractivity contribution is -0.384. The molecule has 0 bridgehead atoms. The highest BCUT2D eigenvalue weighted by molar-refractivity contribution is 6.36. The molecular weight excluding hydrogens is 485 g/mol. The zero-order chi connectivity index (χ0) is 24.7. The van der Waals surface area contributed by atoms with Crippen LogP contribution in [0.3, 0.4) is 0 Å². The summed E-state index contributed by atoms with van der Waals surface area (Å²) in [6.45, 7) is 1.51. The van der Waals surface area contributed by atoms with Gasteiger partial charge in [-0.1, -0.05) is 35.3 Å². The molecule has 0 aliphatic rings. The molecule has 0 radical (unpaired) electrons. The number of carbonyl (C=O) groups excluding carboxylic acids is 2. The van der Waals surface area contributed by atoms with Crippen LogP contribution in [0.25, 0.3) is 0 Å². The molecule has 174 valence electrons. The Kier molecular flexibility index (Phi) is 8.18. The fourth-order valence-electron chi connectivity index (χ4n) is 2.64. The Bertz CT molecular complexity index is 1250. The fourth-order valence-corrected chi connectivity index (χ4v) is 3.13. The number of ether oxygens (including phenoxy) is 2. The predicted molar refractivity (Wildman–Crippen MR) is 127 cm³/mol. The van der Waals surface area contributed by atoms with E-state index in [1.54, 1.807) is 24.3 Å². The summed E-state index contributed by atoms with van der Waals surface area (Å²) in [5.41, 5.74) is 2.97. The van der Waals surface area contributed by atoms with Crippen LogP contribution in [-0.2, 0) is 4.79 Å². The number of carbonyl (C=O) groups is 2. The van der Waals surface area contributed by atoms with Crippen LogP contribution in [0.5, 0.6) is 11.5 Å². The van der Waals surface area contributed by atoms with Crippen molar-refractivity contribution in [3.05, 3.63) is 98.0 Å². The number of benzene rings is 3. The third kappa shape index (κ3) is 6.77. The Hall–Kier alpha value is -3.95. The summed E-state index contributed by atoms with van der Waals surface area (Å²) in [6.07, 6.45) is 0.457. The summed E-state index contributed by atoms with van der Waals surface area (Å²) in [6, 6.07) is 16.3. The van der Waals surface area contributed by atoms with E-state index in [1.165, 1.54) is 55.6 Å². The van der Waals surface area contributed by atoms with Crippen LogP contribution < -0.4 is 14.9 Å². The number of hydrazone groups is 1. The molecule has 0 aliphatic carbocycles. The highest BCUT2D eigenvalue weighted by atomic mass is 35.5. The number of nitro benzene ring substituents is 1. The van der Waals surface area contributed by atoms with E-state index in [2.05, 4.69) is 10.5 Å². The number of hydrogen-bond acceptors (Lipinski definition) is 7. The summed E-state index contributed by atoms with van der Waals surface area (Å²) in [5, 5.41) is 15.1. The number of nitro groups is 1. The third-order valence-electron chi connectivity index (χ3n) is 4.34. The van der Waals surface area contributed by atoms with Gasteiger partial charge >= 0.3 is 5.97 Å². The Morgan fingerprint density at radius 3 is 2.47 bits per heavy atom. The maximum atomic E-state index is 12.4. The second-order valence-corrected chi connectivity index (χ2v) is 7.68. The van der Waals surface area contributed by atoms with Crippen LogP contribution in [0.2, 0.25) is 10.0 Å². The molecule has 9 nitrogen and oxygen atoms in total. The molecule has 11 heteroatoms. The highest BCUT2D eigenvalue weighted by Crippen LogP contribution is 2.23. The lowest BCUT2D eigenvalue weighted by Gasteiger charge is -2.12. The molecule has 0 fully saturated rings. The van der Waals surface area contributed by atoms with Crippen molar-refractivity contribution in [2.24, 2.45) is 5.10 Å². The van der Waals surface area contributed by atoms with Gasteiger partial charge in [0.1, 0.15) is 11.5 Å². The van der Waals surface area contributed by atoms with Crippen molar-refractivity contribution in [2.45, 2.75) is 13.0 Å². The Morgan fingerprint density at radius 2 is 1.79 bits per heavy atom. The van der Waals surface area contributed by atoms with Gasteiger partial charge in [0.05, 0.1) is 21.7 Å². The minimum atomic E-state index is -0.907. The Labute approximate surface area is 204 Å². The number of rotatable bonds is 8. The molecule has 3 aromatic carbocycles. The van der Waals surface area contributed by atoms with Crippen molar-refractivity contribution in [3.63, 3.8) is 0 Å². The van der Waals surface area contributed by atoms with Crippen LogP contribution >= 0.6 is 23.2 Å². The standard InChI is InChI=1S/C23H17Cl2N3O6/c1-14(33-18-8-6-17(7-9-18)28(31)32)22(29)27-26-13-15-3-2-4-19(11-15)34-23(30)20-10-5-16(24)12-21(20)25/h2-14H,1H3,(H,27,29). The Morgan fingerprint density at radius 1 is 1.06 bits per heavy atom. The zero-order valence-corrected chi connectivity index (χ0v) is 19.1. The molecule has 0 heterocycles. The molecular formula is C23H17Cl2N3O6. The second kappa shape index (κ2) is 11.3. The lowest BCUT2D eigenvalue weighted by Crippen LogP contribution is -2.33. The summed E-state index contributed by atoms with van der Waals surface area (Å²) in [5.74, 6) is -0.635. The molecule has 3 rings (SSSR count). The van der Waals surface area contributed by atoms with E-state index in [4.69, 9.17) is 32.7 Å². The van der Waals surface area contributed by atoms with Crippen molar-refractivity contribution >= 4 is 47.0 Å². The third-order valence-corrected chi connectivity index (χ3v) is 4.89. The maximum absolute atomic E-state index is 12.4. The average molecular weight is 502 g/mol. The molecule has 0 saturated carbocycles. The molecule has 1 unspecified atom stereocenters. The monoisotopic (exact) mass is 501 g/mol. The molecule has 1 amide bonds. The topological polar surface area (TPSA) is 120 Å². The van der Waals surface area contributed by atoms with Crippen LogP contribution in [0.15, 0.2) is 71.8 Å². The number of esters is 1. The van der Waals surface area contributed by atoms with Crippen molar-refractivity contribution in [1.82, 2.24) is 5.43 Å². The van der Waals surface area contributed by atoms with Gasteiger partial charge in [0.2, 0.25) is 0 Å². The van der Waals surface area contributed by atoms with Gasteiger partial charge in [-0.3, -0.25) is 14.9 Å². The first kappa shape index (κ1) is 24.7. The summed E-state index contributed by atoms with van der Waals surface area (Å²) >= 11 is 11.9. The molecule has 0 saturated heterocycles. The van der Waals surface area contributed by atoms with Crippen molar-refractivity contribution in [2.75, 3.05) is 0 Å². The molecule has 1 N–H and O–H groups in total. The molecule has 34 heavy (non-hydrogen) atoms. The van der Waals surface area contributed by atoms with Crippen molar-refractivity contribution in [1.29, 1.82) is 0 Å². The zero-order valence-electron chi connectivity index (χ0n) is 17.6. The smallest absolute Gasteiger partial charge is 0.345 e. The van der Waals surface area contributed by atoms with Crippen molar-refractivity contribution in [3.8, 4) is 11.5 Å². The van der Waals surface area contributed by atoms with E-state index in [9.17, 15) is 19.7 Å². The first-order valence-electron chi connectivity index (χ1n) is 9.74. The number of amides is 1.